The predicted molar refractivity (Wildman–Crippen MR) is 34.6 cm³/mol. The summed E-state index contributed by atoms with van der Waals surface area (Å²) in [5.74, 6) is -0.598. The highest BCUT2D eigenvalue weighted by molar-refractivity contribution is 5.75. The lowest BCUT2D eigenvalue weighted by atomic mass is 10.1. The van der Waals surface area contributed by atoms with Crippen molar-refractivity contribution >= 4 is 5.78 Å². The predicted octanol–water partition coefficient (Wildman–Crippen LogP) is 1.02. The summed E-state index contributed by atoms with van der Waals surface area (Å²) in [6.45, 7) is 1.45. The van der Waals surface area contributed by atoms with E-state index in [-0.39, 0.29) is 5.78 Å². The lowest BCUT2D eigenvalue weighted by Crippen LogP contribution is -1.97. The topological polar surface area (TPSA) is 64.7 Å². The van der Waals surface area contributed by atoms with E-state index in [1.807, 2.05) is 0 Å². The molecule has 0 atom stereocenters. The first-order valence-corrected chi connectivity index (χ1v) is 2.99. The van der Waals surface area contributed by atoms with Gasteiger partial charge in [0.1, 0.15) is 11.7 Å². The van der Waals surface area contributed by atoms with Gasteiger partial charge in [0.2, 0.25) is 0 Å². The van der Waals surface area contributed by atoms with Crippen LogP contribution in [0.3, 0.4) is 0 Å². The molecule has 0 unspecified atom stereocenters. The van der Waals surface area contributed by atoms with Crippen LogP contribution in [0.5, 0.6) is 0 Å². The van der Waals surface area contributed by atoms with Gasteiger partial charge in [-0.1, -0.05) is 0 Å². The fourth-order valence-corrected chi connectivity index (χ4v) is 0.506. The van der Waals surface area contributed by atoms with Crippen LogP contribution in [0.2, 0.25) is 0 Å². The summed E-state index contributed by atoms with van der Waals surface area (Å²) in [6.07, 6.45) is 0.689. The average Bonchev–Trinajstić information content (AvgIpc) is 1.90. The molecule has 0 aliphatic rings. The molecule has 52 valence electrons. The minimum absolute atomic E-state index is 0.0236. The Hall–Kier alpha value is -1.35. The first-order chi connectivity index (χ1) is 4.70. The Balaban J connectivity index is 3.61. The number of hydrogen-bond donors (Lipinski definition) is 0. The molecule has 0 fully saturated rings. The molecule has 0 N–H and O–H groups in total. The van der Waals surface area contributed by atoms with Crippen LogP contribution in [-0.4, -0.2) is 5.78 Å². The van der Waals surface area contributed by atoms with Gasteiger partial charge in [0.05, 0.1) is 12.1 Å². The third-order valence-corrected chi connectivity index (χ3v) is 1.10. The second-order valence-corrected chi connectivity index (χ2v) is 2.05. The molecule has 0 aliphatic heterocycles. The van der Waals surface area contributed by atoms with Crippen LogP contribution >= 0.6 is 0 Å². The number of carbonyl (C=O) groups excluding carboxylic acids is 1. The quantitative estimate of drug-likeness (QED) is 0.581. The van der Waals surface area contributed by atoms with E-state index in [4.69, 9.17) is 10.5 Å². The summed E-state index contributed by atoms with van der Waals surface area (Å²) in [5.41, 5.74) is 0. The molecular weight excluding hydrogens is 128 g/mol. The van der Waals surface area contributed by atoms with Crippen LogP contribution in [-0.2, 0) is 4.79 Å². The van der Waals surface area contributed by atoms with E-state index in [0.29, 0.717) is 12.8 Å². The first kappa shape index (κ1) is 8.65. The number of carbonyl (C=O) groups is 1. The summed E-state index contributed by atoms with van der Waals surface area (Å²) in [6, 6.07) is 3.59. The van der Waals surface area contributed by atoms with E-state index in [1.165, 1.54) is 6.92 Å². The van der Waals surface area contributed by atoms with Gasteiger partial charge in [0.15, 0.2) is 0 Å². The molecule has 0 heterocycles. The summed E-state index contributed by atoms with van der Waals surface area (Å²) < 4.78 is 0. The van der Waals surface area contributed by atoms with Crippen molar-refractivity contribution in [2.75, 3.05) is 0 Å². The van der Waals surface area contributed by atoms with E-state index in [9.17, 15) is 4.79 Å². The summed E-state index contributed by atoms with van der Waals surface area (Å²) in [5, 5.41) is 16.5. The SMILES string of the molecule is CC(=O)CCC(C#N)C#N. The first-order valence-electron chi connectivity index (χ1n) is 2.99. The minimum atomic E-state index is -0.621. The molecule has 3 nitrogen and oxygen atoms in total. The third-order valence-electron chi connectivity index (χ3n) is 1.10. The highest BCUT2D eigenvalue weighted by Gasteiger charge is 2.05. The van der Waals surface area contributed by atoms with Crippen LogP contribution in [0.15, 0.2) is 0 Å². The molecule has 0 amide bonds. The Kier molecular flexibility index (Phi) is 3.91. The van der Waals surface area contributed by atoms with Gasteiger partial charge in [0.25, 0.3) is 0 Å². The molecule has 0 aromatic heterocycles. The lowest BCUT2D eigenvalue weighted by molar-refractivity contribution is -0.117. The molecule has 3 heteroatoms. The zero-order valence-corrected chi connectivity index (χ0v) is 5.79. The van der Waals surface area contributed by atoms with Gasteiger partial charge in [-0.15, -0.1) is 0 Å². The van der Waals surface area contributed by atoms with Gasteiger partial charge >= 0.3 is 0 Å². The molecule has 0 aromatic carbocycles. The number of Topliss-reactive ketones (excluding diaryl/α,β-unsaturated/α-hetero) is 1. The maximum atomic E-state index is 10.4. The van der Waals surface area contributed by atoms with Gasteiger partial charge in [-0.05, 0) is 13.3 Å². The van der Waals surface area contributed by atoms with Gasteiger partial charge in [-0.2, -0.15) is 10.5 Å². The van der Waals surface area contributed by atoms with Crippen LogP contribution in [0, 0.1) is 28.6 Å². The summed E-state index contributed by atoms with van der Waals surface area (Å²) in [4.78, 5) is 10.4. The molecule has 0 aliphatic carbocycles. The fraction of sp³-hybridized carbons (Fsp3) is 0.571. The average molecular weight is 136 g/mol. The number of nitrogens with zero attached hydrogens (tertiary/aromatic N) is 2. The van der Waals surface area contributed by atoms with Crippen molar-refractivity contribution in [2.45, 2.75) is 19.8 Å². The Morgan fingerprint density at radius 2 is 2.00 bits per heavy atom. The molecule has 0 spiro atoms. The number of hydrogen-bond acceptors (Lipinski definition) is 3. The van der Waals surface area contributed by atoms with Crippen LogP contribution in [0.4, 0.5) is 0 Å². The van der Waals surface area contributed by atoms with Crippen molar-refractivity contribution in [3.05, 3.63) is 0 Å². The van der Waals surface area contributed by atoms with Crippen LogP contribution < -0.4 is 0 Å². The molecular formula is C7H8N2O. The Morgan fingerprint density at radius 3 is 2.30 bits per heavy atom. The summed E-state index contributed by atoms with van der Waals surface area (Å²) >= 11 is 0. The standard InChI is InChI=1S/C7H8N2O/c1-6(10)2-3-7(4-8)5-9/h7H,2-3H2,1H3. The van der Waals surface area contributed by atoms with Crippen molar-refractivity contribution in [1.29, 1.82) is 10.5 Å². The largest absolute Gasteiger partial charge is 0.300 e. The smallest absolute Gasteiger partial charge is 0.133 e. The minimum Gasteiger partial charge on any atom is -0.300 e. The second kappa shape index (κ2) is 4.52. The highest BCUT2D eigenvalue weighted by Crippen LogP contribution is 2.03. The van der Waals surface area contributed by atoms with Crippen molar-refractivity contribution in [2.24, 2.45) is 5.92 Å². The zero-order valence-electron chi connectivity index (χ0n) is 5.79. The van der Waals surface area contributed by atoms with Gasteiger partial charge in [-0.3, -0.25) is 0 Å². The van der Waals surface area contributed by atoms with Crippen molar-refractivity contribution in [3.63, 3.8) is 0 Å². The number of nitriles is 2. The van der Waals surface area contributed by atoms with Crippen molar-refractivity contribution < 1.29 is 4.79 Å². The van der Waals surface area contributed by atoms with Gasteiger partial charge in [0, 0.05) is 6.42 Å². The Bertz CT molecular complexity index is 183. The molecule has 0 radical (unpaired) electrons. The summed E-state index contributed by atoms with van der Waals surface area (Å²) in [7, 11) is 0. The van der Waals surface area contributed by atoms with Gasteiger partial charge in [-0.25, -0.2) is 0 Å². The molecule has 0 aromatic rings. The molecule has 0 saturated heterocycles. The monoisotopic (exact) mass is 136 g/mol. The third kappa shape index (κ3) is 3.63. The van der Waals surface area contributed by atoms with E-state index >= 15 is 0 Å². The number of ketones is 1. The number of rotatable bonds is 3. The van der Waals surface area contributed by atoms with Crippen LogP contribution in [0.25, 0.3) is 0 Å². The molecule has 10 heavy (non-hydrogen) atoms. The molecule has 0 saturated carbocycles. The Morgan fingerprint density at radius 1 is 1.50 bits per heavy atom. The van der Waals surface area contributed by atoms with Gasteiger partial charge < -0.3 is 4.79 Å². The van der Waals surface area contributed by atoms with E-state index < -0.39 is 5.92 Å². The zero-order chi connectivity index (χ0) is 7.98. The molecule has 0 bridgehead atoms. The maximum absolute atomic E-state index is 10.4. The van der Waals surface area contributed by atoms with Crippen LogP contribution in [0.1, 0.15) is 19.8 Å². The maximum Gasteiger partial charge on any atom is 0.133 e. The van der Waals surface area contributed by atoms with Crippen molar-refractivity contribution in [1.82, 2.24) is 0 Å². The van der Waals surface area contributed by atoms with E-state index in [1.54, 1.807) is 12.1 Å². The Labute approximate surface area is 59.9 Å². The normalized spacial score (nSPS) is 8.40. The molecule has 0 rings (SSSR count). The van der Waals surface area contributed by atoms with Crippen molar-refractivity contribution in [3.8, 4) is 12.1 Å². The van der Waals surface area contributed by atoms with E-state index in [0.717, 1.165) is 0 Å². The second-order valence-electron chi connectivity index (χ2n) is 2.05. The highest BCUT2D eigenvalue weighted by atomic mass is 16.1. The fourth-order valence-electron chi connectivity index (χ4n) is 0.506. The van der Waals surface area contributed by atoms with E-state index in [2.05, 4.69) is 0 Å². The lowest BCUT2D eigenvalue weighted by Gasteiger charge is -1.93.